The van der Waals surface area contributed by atoms with Crippen molar-refractivity contribution in [3.63, 3.8) is 0 Å². The third kappa shape index (κ3) is 2.55. The highest BCUT2D eigenvalue weighted by atomic mass is 16.3. The summed E-state index contributed by atoms with van der Waals surface area (Å²) in [5.74, 6) is 0.196. The molecule has 0 bridgehead atoms. The molecule has 4 nitrogen and oxygen atoms in total. The Morgan fingerprint density at radius 1 is 0.576 bits per heavy atom. The Labute approximate surface area is 189 Å². The maximum Gasteiger partial charge on any atom is 0.141 e. The van der Waals surface area contributed by atoms with Gasteiger partial charge in [-0.25, -0.2) is 9.97 Å². The van der Waals surface area contributed by atoms with Crippen LogP contribution in [0, 0.1) is 0 Å². The first-order valence-electron chi connectivity index (χ1n) is 10.8. The van der Waals surface area contributed by atoms with Gasteiger partial charge in [-0.15, -0.1) is 0 Å². The van der Waals surface area contributed by atoms with Gasteiger partial charge >= 0.3 is 0 Å². The lowest BCUT2D eigenvalue weighted by molar-refractivity contribution is 0.480. The van der Waals surface area contributed by atoms with Crippen molar-refractivity contribution in [2.24, 2.45) is 0 Å². The third-order valence-electron chi connectivity index (χ3n) is 6.57. The van der Waals surface area contributed by atoms with E-state index in [9.17, 15) is 5.11 Å². The van der Waals surface area contributed by atoms with Crippen LogP contribution >= 0.6 is 0 Å². The van der Waals surface area contributed by atoms with E-state index in [4.69, 9.17) is 0 Å². The number of pyridine rings is 1. The molecule has 7 aromatic rings. The normalized spacial score (nSPS) is 11.8. The van der Waals surface area contributed by atoms with E-state index in [1.807, 2.05) is 30.6 Å². The Hall–Kier alpha value is -4.57. The molecule has 0 fully saturated rings. The van der Waals surface area contributed by atoms with Crippen molar-refractivity contribution in [1.29, 1.82) is 0 Å². The van der Waals surface area contributed by atoms with Gasteiger partial charge in [0.2, 0.25) is 0 Å². The largest absolute Gasteiger partial charge is 0.506 e. The number of aromatic nitrogens is 3. The lowest BCUT2D eigenvalue weighted by Crippen LogP contribution is -1.91. The number of aromatic hydroxyl groups is 1. The molecule has 0 unspecified atom stereocenters. The predicted octanol–water partition coefficient (Wildman–Crippen LogP) is 6.96. The molecule has 5 aromatic carbocycles. The number of hydrogen-bond acceptors (Lipinski definition) is 4. The molecular weight excluding hydrogens is 406 g/mol. The van der Waals surface area contributed by atoms with Crippen LogP contribution in [0.15, 0.2) is 97.7 Å². The summed E-state index contributed by atoms with van der Waals surface area (Å²) in [6, 6.07) is 25.1. The van der Waals surface area contributed by atoms with E-state index in [0.29, 0.717) is 5.52 Å². The van der Waals surface area contributed by atoms with Gasteiger partial charge in [0.05, 0.1) is 0 Å². The van der Waals surface area contributed by atoms with Crippen molar-refractivity contribution >= 4 is 43.2 Å². The van der Waals surface area contributed by atoms with Gasteiger partial charge in [0.25, 0.3) is 0 Å². The van der Waals surface area contributed by atoms with E-state index < -0.39 is 0 Å². The van der Waals surface area contributed by atoms with Crippen molar-refractivity contribution in [2.45, 2.75) is 0 Å². The molecule has 0 aliphatic rings. The molecule has 0 spiro atoms. The lowest BCUT2D eigenvalue weighted by atomic mass is 9.87. The molecular formula is C29H17N3O. The Morgan fingerprint density at radius 3 is 1.94 bits per heavy atom. The summed E-state index contributed by atoms with van der Waals surface area (Å²) in [6.45, 7) is 0. The van der Waals surface area contributed by atoms with Crippen molar-refractivity contribution in [2.75, 3.05) is 0 Å². The second-order valence-electron chi connectivity index (χ2n) is 8.31. The van der Waals surface area contributed by atoms with Crippen molar-refractivity contribution in [3.05, 3.63) is 97.7 Å². The van der Waals surface area contributed by atoms with Crippen LogP contribution in [0.2, 0.25) is 0 Å². The van der Waals surface area contributed by atoms with Crippen LogP contribution in [0.25, 0.3) is 65.5 Å². The topological polar surface area (TPSA) is 58.9 Å². The molecule has 1 N–H and O–H groups in total. The Bertz CT molecular complexity index is 1830. The van der Waals surface area contributed by atoms with Gasteiger partial charge < -0.3 is 5.11 Å². The molecule has 0 radical (unpaired) electrons. The molecule has 154 valence electrons. The van der Waals surface area contributed by atoms with Crippen LogP contribution in [-0.4, -0.2) is 20.1 Å². The third-order valence-corrected chi connectivity index (χ3v) is 6.57. The average Bonchev–Trinajstić information content (AvgIpc) is 2.88. The zero-order chi connectivity index (χ0) is 21.9. The SMILES string of the molecule is Oc1ccc(-c2ccc3ccc4c(-c5cncnc5)ccc5ccc2c3c54)c2cccnc12. The molecule has 4 heteroatoms. The highest BCUT2D eigenvalue weighted by Crippen LogP contribution is 2.43. The maximum atomic E-state index is 10.3. The second kappa shape index (κ2) is 6.71. The summed E-state index contributed by atoms with van der Waals surface area (Å²) < 4.78 is 0. The second-order valence-corrected chi connectivity index (χ2v) is 8.31. The van der Waals surface area contributed by atoms with Crippen molar-refractivity contribution in [3.8, 4) is 28.0 Å². The van der Waals surface area contributed by atoms with Gasteiger partial charge in [-0.3, -0.25) is 4.98 Å². The van der Waals surface area contributed by atoms with Crippen LogP contribution in [-0.2, 0) is 0 Å². The Kier molecular flexibility index (Phi) is 3.67. The van der Waals surface area contributed by atoms with E-state index in [-0.39, 0.29) is 5.75 Å². The molecule has 2 heterocycles. The van der Waals surface area contributed by atoms with Crippen molar-refractivity contribution < 1.29 is 5.11 Å². The molecule has 33 heavy (non-hydrogen) atoms. The van der Waals surface area contributed by atoms with Crippen LogP contribution in [0.5, 0.6) is 5.75 Å². The molecule has 0 amide bonds. The summed E-state index contributed by atoms with van der Waals surface area (Å²) in [5.41, 5.74) is 4.94. The minimum absolute atomic E-state index is 0.196. The van der Waals surface area contributed by atoms with Gasteiger partial charge in [0.15, 0.2) is 0 Å². The molecule has 0 saturated carbocycles. The highest BCUT2D eigenvalue weighted by Gasteiger charge is 2.16. The monoisotopic (exact) mass is 423 g/mol. The molecule has 2 aromatic heterocycles. The van der Waals surface area contributed by atoms with Gasteiger partial charge in [0, 0.05) is 29.5 Å². The molecule has 7 rings (SSSR count). The number of fused-ring (bicyclic) bond motifs is 1. The van der Waals surface area contributed by atoms with Crippen LogP contribution in [0.4, 0.5) is 0 Å². The van der Waals surface area contributed by atoms with Crippen LogP contribution < -0.4 is 0 Å². The fourth-order valence-corrected chi connectivity index (χ4v) is 5.12. The number of nitrogens with zero attached hydrogens (tertiary/aromatic N) is 3. The number of benzene rings is 5. The number of phenolic OH excluding ortho intramolecular Hbond substituents is 1. The minimum Gasteiger partial charge on any atom is -0.506 e. The lowest BCUT2D eigenvalue weighted by Gasteiger charge is -2.17. The van der Waals surface area contributed by atoms with E-state index in [2.05, 4.69) is 63.5 Å². The average molecular weight is 423 g/mol. The molecule has 0 aliphatic heterocycles. The first-order chi connectivity index (χ1) is 16.3. The fourth-order valence-electron chi connectivity index (χ4n) is 5.12. The summed E-state index contributed by atoms with van der Waals surface area (Å²) in [4.78, 5) is 12.9. The number of rotatable bonds is 2. The summed E-state index contributed by atoms with van der Waals surface area (Å²) in [6.07, 6.45) is 6.99. The smallest absolute Gasteiger partial charge is 0.141 e. The van der Waals surface area contributed by atoms with Crippen LogP contribution in [0.3, 0.4) is 0 Å². The molecule has 0 aliphatic carbocycles. The van der Waals surface area contributed by atoms with E-state index in [0.717, 1.165) is 27.6 Å². The van der Waals surface area contributed by atoms with E-state index in [1.165, 1.54) is 32.3 Å². The zero-order valence-electron chi connectivity index (χ0n) is 17.5. The van der Waals surface area contributed by atoms with Gasteiger partial charge in [-0.05, 0) is 67.2 Å². The summed E-state index contributed by atoms with van der Waals surface area (Å²) in [7, 11) is 0. The maximum absolute atomic E-state index is 10.3. The van der Waals surface area contributed by atoms with Crippen LogP contribution in [0.1, 0.15) is 0 Å². The highest BCUT2D eigenvalue weighted by molar-refractivity contribution is 6.28. The van der Waals surface area contributed by atoms with Gasteiger partial charge in [0.1, 0.15) is 17.6 Å². The Morgan fingerprint density at radius 2 is 1.18 bits per heavy atom. The minimum atomic E-state index is 0.196. The fraction of sp³-hybridized carbons (Fsp3) is 0. The van der Waals surface area contributed by atoms with E-state index in [1.54, 1.807) is 18.6 Å². The Balaban J connectivity index is 1.61. The first-order valence-corrected chi connectivity index (χ1v) is 10.8. The van der Waals surface area contributed by atoms with E-state index >= 15 is 0 Å². The van der Waals surface area contributed by atoms with Gasteiger partial charge in [-0.1, -0.05) is 54.6 Å². The molecule has 0 saturated heterocycles. The summed E-state index contributed by atoms with van der Waals surface area (Å²) >= 11 is 0. The predicted molar refractivity (Wildman–Crippen MR) is 134 cm³/mol. The quantitative estimate of drug-likeness (QED) is 0.305. The first kappa shape index (κ1) is 18.0. The standard InChI is InChI=1S/C29H17N3O/c33-26-12-11-22(25-2-1-13-32-29(25)26)21-8-4-18-5-9-23-20(19-14-30-16-31-15-19)7-3-17-6-10-24(21)28(18)27(17)23/h1-16,33H. The molecule has 0 atom stereocenters. The zero-order valence-corrected chi connectivity index (χ0v) is 17.5. The van der Waals surface area contributed by atoms with Crippen molar-refractivity contribution in [1.82, 2.24) is 15.0 Å². The van der Waals surface area contributed by atoms with Gasteiger partial charge in [-0.2, -0.15) is 0 Å². The summed E-state index contributed by atoms with van der Waals surface area (Å²) in [5, 5.41) is 18.6. The number of phenols is 1. The number of hydrogen-bond donors (Lipinski definition) is 1.